The predicted octanol–water partition coefficient (Wildman–Crippen LogP) is 4.39. The van der Waals surface area contributed by atoms with Crippen LogP contribution in [0.5, 0.6) is 0 Å². The molecule has 0 aliphatic carbocycles. The number of rotatable bonds is 6. The van der Waals surface area contributed by atoms with Crippen molar-refractivity contribution in [1.82, 2.24) is 24.9 Å². The summed E-state index contributed by atoms with van der Waals surface area (Å²) in [4.78, 5) is 24.9. The van der Waals surface area contributed by atoms with E-state index in [9.17, 15) is 9.90 Å². The van der Waals surface area contributed by atoms with Gasteiger partial charge in [-0.25, -0.2) is 4.79 Å². The molecule has 2 fully saturated rings. The molecule has 2 saturated heterocycles. The van der Waals surface area contributed by atoms with Gasteiger partial charge >= 0.3 is 6.09 Å². The lowest BCUT2D eigenvalue weighted by Crippen LogP contribution is -2.63. The molecule has 2 aliphatic heterocycles. The maximum atomic E-state index is 12.5. The molecule has 1 amide bonds. The third-order valence-corrected chi connectivity index (χ3v) is 8.24. The second-order valence-corrected chi connectivity index (χ2v) is 11.4. The van der Waals surface area contributed by atoms with E-state index < -0.39 is 11.0 Å². The first kappa shape index (κ1) is 26.3. The first-order chi connectivity index (χ1) is 18.1. The lowest BCUT2D eigenvalue weighted by molar-refractivity contribution is -0.127. The van der Waals surface area contributed by atoms with E-state index in [1.54, 1.807) is 17.3 Å². The molecule has 1 aromatic carbocycles. The molecule has 2 aromatic heterocycles. The lowest BCUT2D eigenvalue weighted by atomic mass is 9.62. The number of benzene rings is 1. The van der Waals surface area contributed by atoms with E-state index in [-0.39, 0.29) is 12.0 Å². The Bertz CT molecular complexity index is 1280. The minimum absolute atomic E-state index is 0.0779. The van der Waals surface area contributed by atoms with Crippen molar-refractivity contribution >= 4 is 6.09 Å². The molecule has 38 heavy (non-hydrogen) atoms. The van der Waals surface area contributed by atoms with Gasteiger partial charge in [0.25, 0.3) is 0 Å². The van der Waals surface area contributed by atoms with Gasteiger partial charge in [-0.15, -0.1) is 0 Å². The fourth-order valence-corrected chi connectivity index (χ4v) is 6.06. The number of carbonyl (C=O) groups is 1. The molecule has 1 atom stereocenters. The second-order valence-electron chi connectivity index (χ2n) is 11.4. The quantitative estimate of drug-likeness (QED) is 0.511. The Morgan fingerprint density at radius 1 is 1.16 bits per heavy atom. The number of aromatic nitrogens is 3. The molecule has 3 aromatic rings. The molecule has 202 valence electrons. The van der Waals surface area contributed by atoms with Crippen LogP contribution in [0.2, 0.25) is 0 Å². The first-order valence-electron chi connectivity index (χ1n) is 13.3. The molecule has 4 heterocycles. The Hall–Kier alpha value is -3.30. The van der Waals surface area contributed by atoms with Gasteiger partial charge in [-0.3, -0.25) is 4.98 Å². The van der Waals surface area contributed by atoms with E-state index in [2.05, 4.69) is 60.0 Å². The maximum absolute atomic E-state index is 12.5. The summed E-state index contributed by atoms with van der Waals surface area (Å²) in [5.74, 6) is 1.49. The summed E-state index contributed by atoms with van der Waals surface area (Å²) in [6, 6.07) is 10.2. The summed E-state index contributed by atoms with van der Waals surface area (Å²) in [7, 11) is 3.46. The van der Waals surface area contributed by atoms with Gasteiger partial charge in [-0.05, 0) is 43.0 Å². The fraction of sp³-hybridized carbons (Fsp3) is 0.517. The third kappa shape index (κ3) is 4.58. The van der Waals surface area contributed by atoms with Crippen LogP contribution in [-0.2, 0) is 10.3 Å². The maximum Gasteiger partial charge on any atom is 0.409 e. The van der Waals surface area contributed by atoms with Crippen molar-refractivity contribution in [2.75, 3.05) is 40.3 Å². The smallest absolute Gasteiger partial charge is 0.409 e. The van der Waals surface area contributed by atoms with Crippen LogP contribution in [0.4, 0.5) is 4.79 Å². The van der Waals surface area contributed by atoms with Gasteiger partial charge in [-0.1, -0.05) is 50.2 Å². The number of piperidine rings is 1. The number of aliphatic hydroxyl groups is 1. The number of amides is 1. The monoisotopic (exact) mass is 519 g/mol. The van der Waals surface area contributed by atoms with Crippen LogP contribution >= 0.6 is 0 Å². The summed E-state index contributed by atoms with van der Waals surface area (Å²) in [5.41, 5.74) is 1.85. The first-order valence-corrected chi connectivity index (χ1v) is 13.3. The highest BCUT2D eigenvalue weighted by molar-refractivity contribution is 5.67. The largest absolute Gasteiger partial charge is 0.453 e. The van der Waals surface area contributed by atoms with Crippen molar-refractivity contribution in [3.8, 4) is 11.4 Å². The van der Waals surface area contributed by atoms with E-state index in [0.717, 1.165) is 31.5 Å². The summed E-state index contributed by atoms with van der Waals surface area (Å²) in [6.07, 6.45) is 4.60. The Labute approximate surface area is 223 Å². The van der Waals surface area contributed by atoms with Crippen molar-refractivity contribution in [3.05, 3.63) is 65.3 Å². The standard InChI is InChI=1S/C29H37N5O4/c1-19(2)20-6-8-23(9-7-20)29(36,28(3)17-33(4)18-28)24-14-22(15-30-16-24)25-31-26(38-32-25)21-10-12-34(13-11-21)27(35)37-5/h6-9,14-16,19,21,36H,10-13,17-18H2,1-5H3. The number of pyridine rings is 1. The zero-order valence-corrected chi connectivity index (χ0v) is 22.8. The van der Waals surface area contributed by atoms with Crippen molar-refractivity contribution in [2.45, 2.75) is 51.0 Å². The zero-order valence-electron chi connectivity index (χ0n) is 22.8. The molecule has 1 unspecified atom stereocenters. The normalized spacial score (nSPS) is 19.7. The second kappa shape index (κ2) is 10.1. The summed E-state index contributed by atoms with van der Waals surface area (Å²) >= 11 is 0. The van der Waals surface area contributed by atoms with Gasteiger partial charge in [0.05, 0.1) is 7.11 Å². The van der Waals surface area contributed by atoms with Gasteiger partial charge in [0.2, 0.25) is 11.7 Å². The highest BCUT2D eigenvalue weighted by Crippen LogP contribution is 2.50. The molecule has 2 aliphatic rings. The fourth-order valence-electron chi connectivity index (χ4n) is 6.06. The minimum atomic E-state index is -1.24. The van der Waals surface area contributed by atoms with Crippen LogP contribution in [0.25, 0.3) is 11.4 Å². The number of nitrogens with zero attached hydrogens (tertiary/aromatic N) is 5. The highest BCUT2D eigenvalue weighted by atomic mass is 16.5. The van der Waals surface area contributed by atoms with Crippen molar-refractivity contribution < 1.29 is 19.2 Å². The van der Waals surface area contributed by atoms with Crippen LogP contribution in [0.15, 0.2) is 47.2 Å². The van der Waals surface area contributed by atoms with Gasteiger partial charge < -0.3 is 24.2 Å². The van der Waals surface area contributed by atoms with Gasteiger partial charge in [0, 0.05) is 61.0 Å². The molecular weight excluding hydrogens is 482 g/mol. The SMILES string of the molecule is COC(=O)N1CCC(c2nc(-c3cncc(C(O)(c4ccc(C(C)C)cc4)C4(C)CN(C)C4)c3)no2)CC1. The molecule has 0 radical (unpaired) electrons. The predicted molar refractivity (Wildman–Crippen MR) is 143 cm³/mol. The minimum Gasteiger partial charge on any atom is -0.453 e. The Balaban J connectivity index is 1.44. The van der Waals surface area contributed by atoms with Crippen molar-refractivity contribution in [1.29, 1.82) is 0 Å². The van der Waals surface area contributed by atoms with Crippen LogP contribution in [-0.4, -0.2) is 76.5 Å². The average Bonchev–Trinajstić information content (AvgIpc) is 3.42. The Morgan fingerprint density at radius 2 is 1.84 bits per heavy atom. The van der Waals surface area contributed by atoms with Crippen LogP contribution < -0.4 is 0 Å². The molecule has 9 nitrogen and oxygen atoms in total. The number of likely N-dealkylation sites (tertiary alicyclic amines) is 2. The van der Waals surface area contributed by atoms with E-state index in [1.807, 2.05) is 18.2 Å². The Kier molecular flexibility index (Phi) is 7.00. The molecule has 0 spiro atoms. The highest BCUT2D eigenvalue weighted by Gasteiger charge is 2.55. The molecule has 9 heteroatoms. The van der Waals surface area contributed by atoms with E-state index in [4.69, 9.17) is 9.26 Å². The third-order valence-electron chi connectivity index (χ3n) is 8.24. The lowest BCUT2D eigenvalue weighted by Gasteiger charge is -2.55. The van der Waals surface area contributed by atoms with Crippen LogP contribution in [0.1, 0.15) is 68.0 Å². The van der Waals surface area contributed by atoms with Crippen molar-refractivity contribution in [2.24, 2.45) is 5.41 Å². The molecule has 0 bridgehead atoms. The Morgan fingerprint density at radius 3 is 2.45 bits per heavy atom. The van der Waals surface area contributed by atoms with E-state index in [1.165, 1.54) is 12.7 Å². The van der Waals surface area contributed by atoms with E-state index in [0.29, 0.717) is 41.8 Å². The van der Waals surface area contributed by atoms with E-state index >= 15 is 0 Å². The summed E-state index contributed by atoms with van der Waals surface area (Å²) in [5, 5.41) is 16.7. The average molecular weight is 520 g/mol. The topological polar surface area (TPSA) is 105 Å². The van der Waals surface area contributed by atoms with Crippen LogP contribution in [0, 0.1) is 5.41 Å². The van der Waals surface area contributed by atoms with Gasteiger partial charge in [-0.2, -0.15) is 4.98 Å². The summed E-state index contributed by atoms with van der Waals surface area (Å²) < 4.78 is 10.5. The molecular formula is C29H37N5O4. The number of ether oxygens (including phenoxy) is 1. The van der Waals surface area contributed by atoms with Crippen LogP contribution in [0.3, 0.4) is 0 Å². The summed E-state index contributed by atoms with van der Waals surface area (Å²) in [6.45, 7) is 9.15. The number of hydrogen-bond donors (Lipinski definition) is 1. The number of hydrogen-bond acceptors (Lipinski definition) is 8. The van der Waals surface area contributed by atoms with Gasteiger partial charge in [0.1, 0.15) is 5.60 Å². The van der Waals surface area contributed by atoms with Crippen molar-refractivity contribution in [3.63, 3.8) is 0 Å². The zero-order chi connectivity index (χ0) is 27.1. The molecule has 5 rings (SSSR count). The molecule has 0 saturated carbocycles. The number of carbonyl (C=O) groups excluding carboxylic acids is 1. The van der Waals surface area contributed by atoms with Gasteiger partial charge in [0.15, 0.2) is 0 Å². The number of methoxy groups -OCH3 is 1. The molecule has 1 N–H and O–H groups in total.